The highest BCUT2D eigenvalue weighted by molar-refractivity contribution is 7.13. The van der Waals surface area contributed by atoms with Crippen LogP contribution in [0, 0.1) is 12.8 Å². The molecule has 2 aromatic heterocycles. The van der Waals surface area contributed by atoms with Gasteiger partial charge in [-0.1, -0.05) is 5.16 Å². The van der Waals surface area contributed by atoms with Gasteiger partial charge in [0.1, 0.15) is 0 Å². The smallest absolute Gasteiger partial charge is 0.263 e. The first kappa shape index (κ1) is 18.6. The van der Waals surface area contributed by atoms with Crippen molar-refractivity contribution in [3.63, 3.8) is 0 Å². The Morgan fingerprint density at radius 1 is 1.30 bits per heavy atom. The first-order valence-electron chi connectivity index (χ1n) is 9.95. The number of thiophene rings is 1. The highest BCUT2D eigenvalue weighted by Crippen LogP contribution is 2.27. The van der Waals surface area contributed by atoms with E-state index in [9.17, 15) is 4.79 Å². The molecule has 146 valence electrons. The number of hydrogen-bond acceptors (Lipinski definition) is 6. The summed E-state index contributed by atoms with van der Waals surface area (Å²) >= 11 is 1.58. The molecule has 27 heavy (non-hydrogen) atoms. The van der Waals surface area contributed by atoms with Gasteiger partial charge in [-0.3, -0.25) is 4.79 Å². The van der Waals surface area contributed by atoms with Crippen molar-refractivity contribution in [1.82, 2.24) is 15.0 Å². The van der Waals surface area contributed by atoms with Crippen molar-refractivity contribution in [2.45, 2.75) is 51.4 Å². The molecule has 0 spiro atoms. The van der Waals surface area contributed by atoms with Gasteiger partial charge in [-0.25, -0.2) is 0 Å². The van der Waals surface area contributed by atoms with Crippen LogP contribution in [0.15, 0.2) is 16.7 Å². The van der Waals surface area contributed by atoms with Gasteiger partial charge in [0.25, 0.3) is 5.91 Å². The lowest BCUT2D eigenvalue weighted by Crippen LogP contribution is -2.39. The van der Waals surface area contributed by atoms with Gasteiger partial charge in [0.2, 0.25) is 5.89 Å². The van der Waals surface area contributed by atoms with Crippen LogP contribution in [0.2, 0.25) is 0 Å². The van der Waals surface area contributed by atoms with E-state index >= 15 is 0 Å². The number of carbonyl (C=O) groups excluding carboxylic acids is 1. The predicted molar refractivity (Wildman–Crippen MR) is 103 cm³/mol. The molecule has 0 aliphatic carbocycles. The molecule has 7 heteroatoms. The Labute approximate surface area is 163 Å². The van der Waals surface area contributed by atoms with Gasteiger partial charge in [-0.2, -0.15) is 4.98 Å². The summed E-state index contributed by atoms with van der Waals surface area (Å²) in [7, 11) is 0. The highest BCUT2D eigenvalue weighted by Gasteiger charge is 2.26. The molecule has 4 rings (SSSR count). The third-order valence-corrected chi connectivity index (χ3v) is 6.58. The van der Waals surface area contributed by atoms with Crippen molar-refractivity contribution in [2.75, 3.05) is 26.3 Å². The number of rotatable bonds is 5. The lowest BCUT2D eigenvalue weighted by atomic mass is 9.93. The van der Waals surface area contributed by atoms with Crippen molar-refractivity contribution >= 4 is 17.2 Å². The summed E-state index contributed by atoms with van der Waals surface area (Å²) < 4.78 is 10.9. The number of ether oxygens (including phenoxy) is 1. The minimum atomic E-state index is 0.180. The van der Waals surface area contributed by atoms with E-state index in [4.69, 9.17) is 9.26 Å². The van der Waals surface area contributed by atoms with Crippen LogP contribution in [0.25, 0.3) is 0 Å². The van der Waals surface area contributed by atoms with E-state index in [1.165, 1.54) is 4.88 Å². The topological polar surface area (TPSA) is 68.5 Å². The van der Waals surface area contributed by atoms with Crippen molar-refractivity contribution in [2.24, 2.45) is 5.92 Å². The largest absolute Gasteiger partial charge is 0.381 e. The molecule has 2 aliphatic rings. The van der Waals surface area contributed by atoms with Crippen LogP contribution in [0.4, 0.5) is 0 Å². The van der Waals surface area contributed by atoms with E-state index in [0.29, 0.717) is 11.8 Å². The molecule has 6 nitrogen and oxygen atoms in total. The van der Waals surface area contributed by atoms with Crippen LogP contribution in [0.3, 0.4) is 0 Å². The Balaban J connectivity index is 1.29. The number of likely N-dealkylation sites (tertiary alicyclic amines) is 1. The van der Waals surface area contributed by atoms with Gasteiger partial charge in [0, 0.05) is 43.5 Å². The molecule has 0 radical (unpaired) electrons. The molecule has 0 saturated carbocycles. The molecule has 1 unspecified atom stereocenters. The maximum atomic E-state index is 12.7. The summed E-state index contributed by atoms with van der Waals surface area (Å²) in [4.78, 5) is 21.4. The predicted octanol–water partition coefficient (Wildman–Crippen LogP) is 3.82. The molecule has 2 aromatic rings. The van der Waals surface area contributed by atoms with Crippen molar-refractivity contribution in [3.8, 4) is 0 Å². The first-order valence-corrected chi connectivity index (χ1v) is 10.8. The average Bonchev–Trinajstić information content (AvgIpc) is 3.36. The third-order valence-electron chi connectivity index (χ3n) is 5.59. The van der Waals surface area contributed by atoms with E-state index in [-0.39, 0.29) is 5.91 Å². The SMILES string of the molecule is Cc1ccc(C(=O)N2CCCC(CCc3noc(C4CCOCC4)n3)C2)s1. The van der Waals surface area contributed by atoms with Crippen molar-refractivity contribution < 1.29 is 14.1 Å². The minimum Gasteiger partial charge on any atom is -0.381 e. The number of aryl methyl sites for hydroxylation is 2. The number of amides is 1. The second kappa shape index (κ2) is 8.52. The summed E-state index contributed by atoms with van der Waals surface area (Å²) in [5.41, 5.74) is 0. The normalized spacial score (nSPS) is 21.5. The van der Waals surface area contributed by atoms with E-state index in [0.717, 1.165) is 81.4 Å². The minimum absolute atomic E-state index is 0.180. The Hall–Kier alpha value is -1.73. The average molecular weight is 390 g/mol. The fourth-order valence-electron chi connectivity index (χ4n) is 4.00. The molecular formula is C20H27N3O3S. The summed E-state index contributed by atoms with van der Waals surface area (Å²) in [6.07, 6.45) is 5.98. The molecule has 0 N–H and O–H groups in total. The van der Waals surface area contributed by atoms with Crippen LogP contribution in [0.5, 0.6) is 0 Å². The van der Waals surface area contributed by atoms with Gasteiger partial charge < -0.3 is 14.2 Å². The Morgan fingerprint density at radius 2 is 2.15 bits per heavy atom. The number of piperidine rings is 1. The second-order valence-electron chi connectivity index (χ2n) is 7.64. The molecule has 2 fully saturated rings. The Morgan fingerprint density at radius 3 is 2.93 bits per heavy atom. The van der Waals surface area contributed by atoms with Crippen LogP contribution < -0.4 is 0 Å². The molecule has 1 amide bonds. The summed E-state index contributed by atoms with van der Waals surface area (Å²) in [6, 6.07) is 3.97. The molecule has 0 bridgehead atoms. The molecule has 2 saturated heterocycles. The standard InChI is InChI=1S/C20H27N3O3S/c1-14-4-6-17(27-14)20(24)23-10-2-3-15(13-23)5-7-18-21-19(26-22-18)16-8-11-25-12-9-16/h4,6,15-16H,2-3,5,7-13H2,1H3. The number of nitrogens with zero attached hydrogens (tertiary/aromatic N) is 3. The molecule has 4 heterocycles. The number of hydrogen-bond donors (Lipinski definition) is 0. The third kappa shape index (κ3) is 4.58. The first-order chi connectivity index (χ1) is 13.2. The highest BCUT2D eigenvalue weighted by atomic mass is 32.1. The number of carbonyl (C=O) groups is 1. The van der Waals surface area contributed by atoms with E-state index < -0.39 is 0 Å². The van der Waals surface area contributed by atoms with Gasteiger partial charge in [0.15, 0.2) is 5.82 Å². The molecular weight excluding hydrogens is 362 g/mol. The quantitative estimate of drug-likeness (QED) is 0.778. The maximum absolute atomic E-state index is 12.7. The zero-order valence-corrected chi connectivity index (χ0v) is 16.7. The molecule has 1 atom stereocenters. The summed E-state index contributed by atoms with van der Waals surface area (Å²) in [5.74, 6) is 2.60. The zero-order valence-electron chi connectivity index (χ0n) is 15.9. The zero-order chi connectivity index (χ0) is 18.6. The van der Waals surface area contributed by atoms with Crippen molar-refractivity contribution in [3.05, 3.63) is 33.6 Å². The van der Waals surface area contributed by atoms with E-state index in [1.54, 1.807) is 11.3 Å². The van der Waals surface area contributed by atoms with Crippen molar-refractivity contribution in [1.29, 1.82) is 0 Å². The fraction of sp³-hybridized carbons (Fsp3) is 0.650. The van der Waals surface area contributed by atoms with Gasteiger partial charge in [-0.05, 0) is 57.1 Å². The van der Waals surface area contributed by atoms with E-state index in [2.05, 4.69) is 10.1 Å². The number of aromatic nitrogens is 2. The Bertz CT molecular complexity index is 766. The van der Waals surface area contributed by atoms with Gasteiger partial charge in [0.05, 0.1) is 4.88 Å². The lowest BCUT2D eigenvalue weighted by Gasteiger charge is -2.32. The summed E-state index contributed by atoms with van der Waals surface area (Å²) in [5, 5.41) is 4.17. The van der Waals surface area contributed by atoms with Crippen LogP contribution >= 0.6 is 11.3 Å². The second-order valence-corrected chi connectivity index (χ2v) is 8.93. The Kier molecular flexibility index (Phi) is 5.88. The fourth-order valence-corrected chi connectivity index (χ4v) is 4.84. The molecule has 2 aliphatic heterocycles. The van der Waals surface area contributed by atoms with Crippen LogP contribution in [-0.4, -0.2) is 47.3 Å². The monoisotopic (exact) mass is 389 g/mol. The lowest BCUT2D eigenvalue weighted by molar-refractivity contribution is 0.0673. The van der Waals surface area contributed by atoms with Gasteiger partial charge in [-0.15, -0.1) is 11.3 Å². The van der Waals surface area contributed by atoms with Gasteiger partial charge >= 0.3 is 0 Å². The van der Waals surface area contributed by atoms with Crippen LogP contribution in [-0.2, 0) is 11.2 Å². The molecule has 0 aromatic carbocycles. The summed E-state index contributed by atoms with van der Waals surface area (Å²) in [6.45, 7) is 5.29. The maximum Gasteiger partial charge on any atom is 0.263 e. The van der Waals surface area contributed by atoms with Crippen LogP contribution in [0.1, 0.15) is 64.3 Å². The van der Waals surface area contributed by atoms with E-state index in [1.807, 2.05) is 24.0 Å².